The summed E-state index contributed by atoms with van der Waals surface area (Å²) < 4.78 is 31.7. The number of fused-ring (bicyclic) bond motifs is 2. The van der Waals surface area contributed by atoms with Gasteiger partial charge in [-0.05, 0) is 38.8 Å². The highest BCUT2D eigenvalue weighted by molar-refractivity contribution is 5.96. The Bertz CT molecular complexity index is 1450. The molecule has 1 aliphatic carbocycles. The number of halogens is 2. The normalized spacial score (nSPS) is 18.2. The van der Waals surface area contributed by atoms with Gasteiger partial charge in [0.1, 0.15) is 24.0 Å². The molecule has 2 aliphatic rings. The number of benzene rings is 1. The van der Waals surface area contributed by atoms with Crippen molar-refractivity contribution in [3.8, 4) is 17.1 Å². The van der Waals surface area contributed by atoms with Crippen LogP contribution >= 0.6 is 0 Å². The fraction of sp³-hybridized carbons (Fsp3) is 0.375. The summed E-state index contributed by atoms with van der Waals surface area (Å²) in [7, 11) is 1.78. The minimum absolute atomic E-state index is 0.0469. The number of carbonyl (C=O) groups is 1. The number of aryl methyl sites for hydroxylation is 1. The van der Waals surface area contributed by atoms with E-state index < -0.39 is 6.43 Å². The summed E-state index contributed by atoms with van der Waals surface area (Å²) in [6.07, 6.45) is 0.729. The molecule has 4 heterocycles. The van der Waals surface area contributed by atoms with Gasteiger partial charge in [0.05, 0.1) is 29.0 Å². The average molecular weight is 463 g/mol. The highest BCUT2D eigenvalue weighted by Gasteiger charge is 2.38. The van der Waals surface area contributed by atoms with Crippen molar-refractivity contribution in [2.24, 2.45) is 0 Å². The van der Waals surface area contributed by atoms with Crippen LogP contribution in [0.25, 0.3) is 28.0 Å². The van der Waals surface area contributed by atoms with Gasteiger partial charge in [-0.25, -0.2) is 28.4 Å². The molecule has 4 aromatic rings. The smallest absolute Gasteiger partial charge is 0.267 e. The van der Waals surface area contributed by atoms with Crippen LogP contribution in [0.2, 0.25) is 0 Å². The highest BCUT2D eigenvalue weighted by Crippen LogP contribution is 2.45. The number of likely N-dealkylation sites (N-methyl/N-ethyl adjacent to an activating group) is 1. The molecule has 3 aromatic heterocycles. The summed E-state index contributed by atoms with van der Waals surface area (Å²) in [5, 5.41) is 4.77. The Balaban J connectivity index is 1.59. The number of amides is 1. The summed E-state index contributed by atoms with van der Waals surface area (Å²) >= 11 is 0. The Morgan fingerprint density at radius 1 is 1.18 bits per heavy atom. The molecule has 0 bridgehead atoms. The van der Waals surface area contributed by atoms with E-state index in [0.29, 0.717) is 29.2 Å². The van der Waals surface area contributed by atoms with Gasteiger partial charge in [0.2, 0.25) is 5.91 Å². The quantitative estimate of drug-likeness (QED) is 0.450. The zero-order valence-electron chi connectivity index (χ0n) is 19.0. The molecule has 1 aliphatic heterocycles. The average Bonchev–Trinajstić information content (AvgIpc) is 3.46. The zero-order valence-corrected chi connectivity index (χ0v) is 19.0. The van der Waals surface area contributed by atoms with Crippen LogP contribution in [0, 0.1) is 6.92 Å². The van der Waals surface area contributed by atoms with Crippen molar-refractivity contribution in [2.45, 2.75) is 51.6 Å². The lowest BCUT2D eigenvalue weighted by molar-refractivity contribution is -0.135. The van der Waals surface area contributed by atoms with Crippen LogP contribution in [-0.4, -0.2) is 47.2 Å². The predicted octanol–water partition coefficient (Wildman–Crippen LogP) is 4.34. The van der Waals surface area contributed by atoms with Crippen molar-refractivity contribution in [1.29, 1.82) is 0 Å². The lowest BCUT2D eigenvalue weighted by Crippen LogP contribution is -2.39. The van der Waals surface area contributed by atoms with Crippen LogP contribution < -0.4 is 0 Å². The largest absolute Gasteiger partial charge is 0.338 e. The van der Waals surface area contributed by atoms with E-state index >= 15 is 0 Å². The Morgan fingerprint density at radius 2 is 1.97 bits per heavy atom. The number of hydrogen-bond acceptors (Lipinski definition) is 5. The number of imidazole rings is 1. The standard InChI is InChI=1S/C24H23F2N7O/c1-12-24(34)31(3)10-19-20(29-22(33(12)19)14-7-8-14)15-5-4-6-18-16(15)9-17(21(25)26)23(28-18)32-11-27-13(2)30-32/h4-6,9,11-12,14,21H,7-8,10H2,1-3H3/t12-/m1/s1. The third-order valence-electron chi connectivity index (χ3n) is 6.67. The summed E-state index contributed by atoms with van der Waals surface area (Å²) in [6.45, 7) is 4.00. The van der Waals surface area contributed by atoms with E-state index in [-0.39, 0.29) is 23.3 Å². The predicted molar refractivity (Wildman–Crippen MR) is 121 cm³/mol. The number of alkyl halides is 2. The molecule has 10 heteroatoms. The van der Waals surface area contributed by atoms with Crippen molar-refractivity contribution in [3.63, 3.8) is 0 Å². The van der Waals surface area contributed by atoms with E-state index in [0.717, 1.165) is 35.6 Å². The summed E-state index contributed by atoms with van der Waals surface area (Å²) in [5.41, 5.74) is 2.73. The molecule has 1 amide bonds. The Labute approximate surface area is 194 Å². The van der Waals surface area contributed by atoms with Gasteiger partial charge >= 0.3 is 0 Å². The summed E-state index contributed by atoms with van der Waals surface area (Å²) in [6, 6.07) is 6.67. The number of rotatable bonds is 4. The second-order valence-corrected chi connectivity index (χ2v) is 9.09. The maximum atomic E-state index is 14.2. The minimum atomic E-state index is -2.74. The highest BCUT2D eigenvalue weighted by atomic mass is 19.3. The third kappa shape index (κ3) is 3.12. The third-order valence-corrected chi connectivity index (χ3v) is 6.67. The lowest BCUT2D eigenvalue weighted by atomic mass is 10.0. The molecule has 1 fully saturated rings. The van der Waals surface area contributed by atoms with Gasteiger partial charge in [-0.3, -0.25) is 4.79 Å². The van der Waals surface area contributed by atoms with E-state index in [9.17, 15) is 13.6 Å². The summed E-state index contributed by atoms with van der Waals surface area (Å²) in [4.78, 5) is 28.0. The van der Waals surface area contributed by atoms with Crippen LogP contribution in [0.3, 0.4) is 0 Å². The van der Waals surface area contributed by atoms with Gasteiger partial charge < -0.3 is 9.47 Å². The molecule has 0 unspecified atom stereocenters. The van der Waals surface area contributed by atoms with Gasteiger partial charge in [-0.2, -0.15) is 5.10 Å². The first-order valence-electron chi connectivity index (χ1n) is 11.3. The van der Waals surface area contributed by atoms with E-state index in [1.54, 1.807) is 24.9 Å². The number of hydrogen-bond donors (Lipinski definition) is 0. The maximum absolute atomic E-state index is 14.2. The first-order chi connectivity index (χ1) is 16.3. The minimum Gasteiger partial charge on any atom is -0.338 e. The molecule has 8 nitrogen and oxygen atoms in total. The fourth-order valence-electron chi connectivity index (χ4n) is 4.85. The van der Waals surface area contributed by atoms with Crippen molar-refractivity contribution in [3.05, 3.63) is 53.5 Å². The second kappa shape index (κ2) is 7.41. The maximum Gasteiger partial charge on any atom is 0.267 e. The van der Waals surface area contributed by atoms with Crippen LogP contribution in [0.1, 0.15) is 61.1 Å². The van der Waals surface area contributed by atoms with Crippen molar-refractivity contribution >= 4 is 16.8 Å². The van der Waals surface area contributed by atoms with Gasteiger partial charge in [0.25, 0.3) is 6.43 Å². The van der Waals surface area contributed by atoms with E-state index in [4.69, 9.17) is 4.98 Å². The van der Waals surface area contributed by atoms with Crippen LogP contribution in [0.5, 0.6) is 0 Å². The molecule has 0 radical (unpaired) electrons. The topological polar surface area (TPSA) is 81.7 Å². The van der Waals surface area contributed by atoms with Crippen molar-refractivity contribution in [2.75, 3.05) is 7.05 Å². The molecular formula is C24H23F2N7O. The number of pyridine rings is 1. The summed E-state index contributed by atoms with van der Waals surface area (Å²) in [5.74, 6) is 1.82. The molecule has 0 N–H and O–H groups in total. The number of aromatic nitrogens is 6. The monoisotopic (exact) mass is 463 g/mol. The molecule has 0 spiro atoms. The molecule has 1 atom stereocenters. The Hall–Kier alpha value is -3.69. The molecule has 0 saturated heterocycles. The van der Waals surface area contributed by atoms with Gasteiger partial charge in [-0.15, -0.1) is 0 Å². The number of carbonyl (C=O) groups excluding carboxylic acids is 1. The molecule has 1 saturated carbocycles. The van der Waals surface area contributed by atoms with Crippen molar-refractivity contribution < 1.29 is 13.6 Å². The van der Waals surface area contributed by atoms with Gasteiger partial charge in [0, 0.05) is 23.9 Å². The fourth-order valence-corrected chi connectivity index (χ4v) is 4.85. The van der Waals surface area contributed by atoms with Gasteiger partial charge in [0.15, 0.2) is 5.82 Å². The second-order valence-electron chi connectivity index (χ2n) is 9.09. The number of nitrogens with zero attached hydrogens (tertiary/aromatic N) is 7. The van der Waals surface area contributed by atoms with Crippen LogP contribution in [0.4, 0.5) is 8.78 Å². The van der Waals surface area contributed by atoms with Crippen molar-refractivity contribution in [1.82, 2.24) is 34.2 Å². The van der Waals surface area contributed by atoms with E-state index in [2.05, 4.69) is 19.6 Å². The van der Waals surface area contributed by atoms with Gasteiger partial charge in [-0.1, -0.05) is 12.1 Å². The van der Waals surface area contributed by atoms with E-state index in [1.807, 2.05) is 19.1 Å². The van der Waals surface area contributed by atoms with E-state index in [1.165, 1.54) is 17.1 Å². The Kier molecular flexibility index (Phi) is 4.55. The first kappa shape index (κ1) is 20.9. The molecule has 6 rings (SSSR count). The van der Waals surface area contributed by atoms with Crippen LogP contribution in [0.15, 0.2) is 30.6 Å². The first-order valence-corrected chi connectivity index (χ1v) is 11.3. The Morgan fingerprint density at radius 3 is 2.65 bits per heavy atom. The molecular weight excluding hydrogens is 440 g/mol. The molecule has 174 valence electrons. The SMILES string of the molecule is Cc1ncn(-c2nc3cccc(-c4nc(C5CC5)n5c4CN(C)C(=O)[C@H]5C)c3cc2C(F)F)n1. The molecule has 1 aromatic carbocycles. The lowest BCUT2D eigenvalue weighted by Gasteiger charge is -2.31. The van der Waals surface area contributed by atoms with Crippen LogP contribution in [-0.2, 0) is 11.3 Å². The zero-order chi connectivity index (χ0) is 23.7. The molecule has 34 heavy (non-hydrogen) atoms.